The van der Waals surface area contributed by atoms with Crippen LogP contribution in [-0.2, 0) is 9.53 Å². The van der Waals surface area contributed by atoms with Gasteiger partial charge in [-0.3, -0.25) is 4.79 Å². The number of nitrogens with one attached hydrogen (secondary N) is 2. The van der Waals surface area contributed by atoms with E-state index in [1.807, 2.05) is 19.1 Å². The first kappa shape index (κ1) is 19.9. The maximum absolute atomic E-state index is 12.2. The van der Waals surface area contributed by atoms with Crippen LogP contribution in [-0.4, -0.2) is 39.4 Å². The molecule has 0 bridgehead atoms. The summed E-state index contributed by atoms with van der Waals surface area (Å²) in [6.45, 7) is 3.58. The number of anilines is 2. The number of hydrogen-bond donors (Lipinski definition) is 2. The van der Waals surface area contributed by atoms with E-state index in [1.54, 1.807) is 37.4 Å². The van der Waals surface area contributed by atoms with Gasteiger partial charge in [-0.25, -0.2) is 0 Å². The van der Waals surface area contributed by atoms with Crippen molar-refractivity contribution in [3.8, 4) is 11.5 Å². The summed E-state index contributed by atoms with van der Waals surface area (Å²) in [5.41, 5.74) is 1.34. The molecule has 0 saturated carbocycles. The highest BCUT2D eigenvalue weighted by Crippen LogP contribution is 2.27. The summed E-state index contributed by atoms with van der Waals surface area (Å²) < 4.78 is 16.0. The SMILES string of the molecule is CCOCCOc1ccccc1NC(=O)CNc1ccc(OC)c(Cl)c1. The molecular weight excluding hydrogens is 356 g/mol. The van der Waals surface area contributed by atoms with Gasteiger partial charge in [-0.2, -0.15) is 0 Å². The van der Waals surface area contributed by atoms with Gasteiger partial charge in [-0.15, -0.1) is 0 Å². The van der Waals surface area contributed by atoms with Gasteiger partial charge in [-0.05, 0) is 37.3 Å². The second-order valence-corrected chi connectivity index (χ2v) is 5.70. The lowest BCUT2D eigenvalue weighted by atomic mass is 10.3. The first-order valence-corrected chi connectivity index (χ1v) is 8.68. The molecule has 1 amide bonds. The Kier molecular flexibility index (Phi) is 8.05. The number of ether oxygens (including phenoxy) is 3. The van der Waals surface area contributed by atoms with E-state index >= 15 is 0 Å². The minimum Gasteiger partial charge on any atom is -0.495 e. The highest BCUT2D eigenvalue weighted by atomic mass is 35.5. The first-order chi connectivity index (χ1) is 12.6. The number of para-hydroxylation sites is 2. The molecule has 2 aromatic rings. The van der Waals surface area contributed by atoms with Crippen molar-refractivity contribution in [3.05, 3.63) is 47.5 Å². The van der Waals surface area contributed by atoms with E-state index in [-0.39, 0.29) is 12.5 Å². The molecule has 0 aliphatic rings. The van der Waals surface area contributed by atoms with Gasteiger partial charge in [0, 0.05) is 12.3 Å². The zero-order chi connectivity index (χ0) is 18.8. The van der Waals surface area contributed by atoms with Crippen LogP contribution in [0, 0.1) is 0 Å². The van der Waals surface area contributed by atoms with E-state index in [1.165, 1.54) is 0 Å². The van der Waals surface area contributed by atoms with Crippen LogP contribution in [0.2, 0.25) is 5.02 Å². The van der Waals surface area contributed by atoms with Crippen LogP contribution in [0.1, 0.15) is 6.92 Å². The van der Waals surface area contributed by atoms with Crippen LogP contribution in [0.5, 0.6) is 11.5 Å². The van der Waals surface area contributed by atoms with E-state index in [4.69, 9.17) is 25.8 Å². The lowest BCUT2D eigenvalue weighted by Crippen LogP contribution is -2.22. The number of rotatable bonds is 10. The minimum atomic E-state index is -0.196. The van der Waals surface area contributed by atoms with Gasteiger partial charge in [0.2, 0.25) is 5.91 Å². The fraction of sp³-hybridized carbons (Fsp3) is 0.316. The van der Waals surface area contributed by atoms with Crippen molar-refractivity contribution in [2.75, 3.05) is 44.1 Å². The van der Waals surface area contributed by atoms with Gasteiger partial charge in [0.1, 0.15) is 18.1 Å². The molecule has 2 N–H and O–H groups in total. The Morgan fingerprint density at radius 2 is 1.92 bits per heavy atom. The number of carbonyl (C=O) groups is 1. The van der Waals surface area contributed by atoms with E-state index in [0.29, 0.717) is 42.0 Å². The number of benzene rings is 2. The van der Waals surface area contributed by atoms with Crippen molar-refractivity contribution in [2.45, 2.75) is 6.92 Å². The van der Waals surface area contributed by atoms with Gasteiger partial charge >= 0.3 is 0 Å². The number of carbonyl (C=O) groups excluding carboxylic acids is 1. The van der Waals surface area contributed by atoms with Crippen LogP contribution in [0.4, 0.5) is 11.4 Å². The van der Waals surface area contributed by atoms with Crippen molar-refractivity contribution in [2.24, 2.45) is 0 Å². The Balaban J connectivity index is 1.88. The summed E-state index contributed by atoms with van der Waals surface area (Å²) in [5.74, 6) is 0.991. The normalized spacial score (nSPS) is 10.3. The molecule has 0 radical (unpaired) electrons. The summed E-state index contributed by atoms with van der Waals surface area (Å²) in [6, 6.07) is 12.5. The quantitative estimate of drug-likeness (QED) is 0.615. The highest BCUT2D eigenvalue weighted by molar-refractivity contribution is 6.32. The van der Waals surface area contributed by atoms with Crippen LogP contribution < -0.4 is 20.1 Å². The fourth-order valence-electron chi connectivity index (χ4n) is 2.20. The summed E-state index contributed by atoms with van der Waals surface area (Å²) in [5, 5.41) is 6.33. The predicted molar refractivity (Wildman–Crippen MR) is 104 cm³/mol. The molecule has 140 valence electrons. The zero-order valence-electron chi connectivity index (χ0n) is 14.9. The second-order valence-electron chi connectivity index (χ2n) is 5.29. The highest BCUT2D eigenvalue weighted by Gasteiger charge is 2.08. The molecule has 0 atom stereocenters. The van der Waals surface area contributed by atoms with E-state index in [0.717, 1.165) is 5.69 Å². The van der Waals surface area contributed by atoms with Gasteiger partial charge < -0.3 is 24.8 Å². The molecular formula is C19H23ClN2O4. The summed E-state index contributed by atoms with van der Waals surface area (Å²) >= 11 is 6.07. The monoisotopic (exact) mass is 378 g/mol. The minimum absolute atomic E-state index is 0.0932. The zero-order valence-corrected chi connectivity index (χ0v) is 15.6. The van der Waals surface area contributed by atoms with Gasteiger partial charge in [0.25, 0.3) is 0 Å². The Hall–Kier alpha value is -2.44. The molecule has 0 unspecified atom stereocenters. The number of halogens is 1. The Morgan fingerprint density at radius 1 is 1.12 bits per heavy atom. The molecule has 2 rings (SSSR count). The number of methoxy groups -OCH3 is 1. The van der Waals surface area contributed by atoms with Crippen molar-refractivity contribution >= 4 is 28.9 Å². The third-order valence-corrected chi connectivity index (χ3v) is 3.75. The lowest BCUT2D eigenvalue weighted by molar-refractivity contribution is -0.114. The van der Waals surface area contributed by atoms with Gasteiger partial charge in [-0.1, -0.05) is 23.7 Å². The van der Waals surface area contributed by atoms with Crippen LogP contribution in [0.25, 0.3) is 0 Å². The van der Waals surface area contributed by atoms with Crippen molar-refractivity contribution < 1.29 is 19.0 Å². The molecule has 6 nitrogen and oxygen atoms in total. The van der Waals surface area contributed by atoms with Gasteiger partial charge in [0.05, 0.1) is 31.0 Å². The molecule has 0 fully saturated rings. The lowest BCUT2D eigenvalue weighted by Gasteiger charge is -2.13. The third-order valence-electron chi connectivity index (χ3n) is 3.46. The van der Waals surface area contributed by atoms with Crippen molar-refractivity contribution in [1.82, 2.24) is 0 Å². The molecule has 0 spiro atoms. The third kappa shape index (κ3) is 6.13. The summed E-state index contributed by atoms with van der Waals surface area (Å²) in [7, 11) is 1.55. The van der Waals surface area contributed by atoms with Crippen LogP contribution >= 0.6 is 11.6 Å². The smallest absolute Gasteiger partial charge is 0.243 e. The fourth-order valence-corrected chi connectivity index (χ4v) is 2.46. The Labute approximate surface area is 158 Å². The van der Waals surface area contributed by atoms with E-state index < -0.39 is 0 Å². The van der Waals surface area contributed by atoms with Crippen LogP contribution in [0.3, 0.4) is 0 Å². The Morgan fingerprint density at radius 3 is 2.65 bits per heavy atom. The van der Waals surface area contributed by atoms with Crippen LogP contribution in [0.15, 0.2) is 42.5 Å². The first-order valence-electron chi connectivity index (χ1n) is 8.31. The van der Waals surface area contributed by atoms with E-state index in [9.17, 15) is 4.79 Å². The Bertz CT molecular complexity index is 724. The molecule has 0 saturated heterocycles. The summed E-state index contributed by atoms with van der Waals surface area (Å²) in [4.78, 5) is 12.2. The van der Waals surface area contributed by atoms with E-state index in [2.05, 4.69) is 10.6 Å². The van der Waals surface area contributed by atoms with Crippen molar-refractivity contribution in [1.29, 1.82) is 0 Å². The molecule has 0 aliphatic heterocycles. The molecule has 2 aromatic carbocycles. The molecule has 0 heterocycles. The number of hydrogen-bond acceptors (Lipinski definition) is 5. The molecule has 0 aromatic heterocycles. The molecule has 7 heteroatoms. The van der Waals surface area contributed by atoms with Gasteiger partial charge in [0.15, 0.2) is 0 Å². The average Bonchev–Trinajstić information content (AvgIpc) is 2.65. The topological polar surface area (TPSA) is 68.8 Å². The average molecular weight is 379 g/mol. The predicted octanol–water partition coefficient (Wildman–Crippen LogP) is 3.81. The maximum atomic E-state index is 12.2. The second kappa shape index (κ2) is 10.5. The molecule has 0 aliphatic carbocycles. The molecule has 26 heavy (non-hydrogen) atoms. The standard InChI is InChI=1S/C19H23ClN2O4/c1-3-25-10-11-26-18-7-5-4-6-16(18)22-19(23)13-21-14-8-9-17(24-2)15(20)12-14/h4-9,12,21H,3,10-11,13H2,1-2H3,(H,22,23). The largest absolute Gasteiger partial charge is 0.495 e. The summed E-state index contributed by atoms with van der Waals surface area (Å²) in [6.07, 6.45) is 0. The maximum Gasteiger partial charge on any atom is 0.243 e. The van der Waals surface area contributed by atoms with Crippen molar-refractivity contribution in [3.63, 3.8) is 0 Å². The number of amides is 1.